The minimum atomic E-state index is -0.186. The molecule has 0 atom stereocenters. The number of nitrogens with zero attached hydrogens (tertiary/aromatic N) is 5. The fraction of sp³-hybridized carbons (Fsp3) is 0.333. The number of H-pyrrole nitrogens is 1. The first-order valence-electron chi connectivity index (χ1n) is 13.3. The zero-order valence-electron chi connectivity index (χ0n) is 21.9. The Labute approximate surface area is 232 Å². The number of aromatic nitrogens is 3. The van der Waals surface area contributed by atoms with E-state index in [9.17, 15) is 9.59 Å². The van der Waals surface area contributed by atoms with E-state index < -0.39 is 0 Å². The van der Waals surface area contributed by atoms with Gasteiger partial charge in [-0.15, -0.1) is 0 Å². The van der Waals surface area contributed by atoms with Crippen molar-refractivity contribution in [2.75, 3.05) is 38.1 Å². The van der Waals surface area contributed by atoms with Gasteiger partial charge in [-0.05, 0) is 61.1 Å². The number of benzene rings is 2. The number of carbonyl (C=O) groups is 2. The summed E-state index contributed by atoms with van der Waals surface area (Å²) in [7, 11) is 1.72. The topological polar surface area (TPSA) is 85.4 Å². The Morgan fingerprint density at radius 1 is 0.974 bits per heavy atom. The highest BCUT2D eigenvalue weighted by atomic mass is 35.5. The quantitative estimate of drug-likeness (QED) is 0.383. The lowest BCUT2D eigenvalue weighted by atomic mass is 9.77. The van der Waals surface area contributed by atoms with Crippen molar-refractivity contribution in [3.8, 4) is 0 Å². The van der Waals surface area contributed by atoms with Gasteiger partial charge in [0.25, 0.3) is 11.8 Å². The molecule has 0 radical (unpaired) electrons. The molecule has 0 aliphatic carbocycles. The van der Waals surface area contributed by atoms with Crippen molar-refractivity contribution in [2.24, 2.45) is 5.41 Å². The molecule has 2 aliphatic rings. The molecule has 0 unspecified atom stereocenters. The zero-order valence-corrected chi connectivity index (χ0v) is 22.7. The molecule has 1 spiro atoms. The van der Waals surface area contributed by atoms with Crippen molar-refractivity contribution >= 4 is 40.1 Å². The van der Waals surface area contributed by atoms with Gasteiger partial charge in [0, 0.05) is 51.3 Å². The van der Waals surface area contributed by atoms with E-state index in [1.165, 1.54) is 5.69 Å². The van der Waals surface area contributed by atoms with Gasteiger partial charge in [0.15, 0.2) is 0 Å². The second-order valence-electron chi connectivity index (χ2n) is 10.7. The summed E-state index contributed by atoms with van der Waals surface area (Å²) in [6.07, 6.45) is 6.84. The minimum absolute atomic E-state index is 0.0233. The number of likely N-dealkylation sites (tertiary alicyclic amines) is 1. The molecule has 200 valence electrons. The Morgan fingerprint density at radius 3 is 2.46 bits per heavy atom. The molecule has 2 aromatic carbocycles. The van der Waals surface area contributed by atoms with Crippen LogP contribution in [0.15, 0.2) is 67.0 Å². The molecule has 9 heteroatoms. The summed E-state index contributed by atoms with van der Waals surface area (Å²) in [4.78, 5) is 44.7. The number of piperidine rings is 1. The maximum absolute atomic E-state index is 13.6. The largest absolute Gasteiger partial charge is 0.371 e. The van der Waals surface area contributed by atoms with Crippen LogP contribution in [0.4, 0.5) is 5.69 Å². The molecular weight excluding hydrogens is 512 g/mol. The molecular formula is C30H31ClN6O2. The Hall–Kier alpha value is -3.91. The zero-order chi connectivity index (χ0) is 27.0. The van der Waals surface area contributed by atoms with E-state index in [0.717, 1.165) is 45.4 Å². The van der Waals surface area contributed by atoms with Gasteiger partial charge in [-0.2, -0.15) is 0 Å². The summed E-state index contributed by atoms with van der Waals surface area (Å²) in [6, 6.07) is 16.8. The standard InChI is InChI=1S/C30H31ClN6O2/c1-35(28(38)22-5-2-3-7-24(22)31)19-26-33-25-8-4-6-23(27(25)34-26)29(39)36-16-11-30(12-17-36)13-18-37(20-30)21-9-14-32-15-10-21/h2-10,14-15H,11-13,16-20H2,1H3,(H,33,34). The maximum atomic E-state index is 13.6. The van der Waals surface area contributed by atoms with Gasteiger partial charge >= 0.3 is 0 Å². The Kier molecular flexibility index (Phi) is 6.73. The number of para-hydroxylation sites is 1. The summed E-state index contributed by atoms with van der Waals surface area (Å²) in [5.74, 6) is 0.456. The van der Waals surface area contributed by atoms with E-state index >= 15 is 0 Å². The van der Waals surface area contributed by atoms with Crippen LogP contribution in [0.2, 0.25) is 5.02 Å². The summed E-state index contributed by atoms with van der Waals surface area (Å²) >= 11 is 6.22. The number of carbonyl (C=O) groups excluding carboxylic acids is 2. The number of fused-ring (bicyclic) bond motifs is 1. The fourth-order valence-electron chi connectivity index (χ4n) is 5.95. The molecule has 4 heterocycles. The molecule has 2 aliphatic heterocycles. The smallest absolute Gasteiger partial charge is 0.256 e. The van der Waals surface area contributed by atoms with Gasteiger partial charge in [-0.1, -0.05) is 29.8 Å². The van der Waals surface area contributed by atoms with E-state index in [0.29, 0.717) is 33.0 Å². The number of halogens is 1. The number of rotatable bonds is 5. The summed E-state index contributed by atoms with van der Waals surface area (Å²) < 4.78 is 0. The normalized spacial score (nSPS) is 16.7. The Bertz CT molecular complexity index is 1510. The number of hydrogen-bond acceptors (Lipinski definition) is 5. The van der Waals surface area contributed by atoms with Crippen molar-refractivity contribution in [1.29, 1.82) is 0 Å². The van der Waals surface area contributed by atoms with E-state index in [-0.39, 0.29) is 23.8 Å². The van der Waals surface area contributed by atoms with Crippen LogP contribution in [0.5, 0.6) is 0 Å². The third-order valence-electron chi connectivity index (χ3n) is 8.21. The maximum Gasteiger partial charge on any atom is 0.256 e. The van der Waals surface area contributed by atoms with Gasteiger partial charge in [0.05, 0.1) is 33.7 Å². The number of anilines is 1. The first-order valence-corrected chi connectivity index (χ1v) is 13.7. The molecule has 0 saturated carbocycles. The SMILES string of the molecule is CN(Cc1nc2cccc(C(=O)N3CCC4(CC3)CCN(c3ccncc3)C4)c2[nH]1)C(=O)c1ccccc1Cl. The van der Waals surface area contributed by atoms with Crippen LogP contribution in [0.1, 0.15) is 45.8 Å². The molecule has 2 aromatic heterocycles. The predicted molar refractivity (Wildman–Crippen MR) is 152 cm³/mol. The minimum Gasteiger partial charge on any atom is -0.371 e. The van der Waals surface area contributed by atoms with Crippen molar-refractivity contribution in [2.45, 2.75) is 25.8 Å². The van der Waals surface area contributed by atoms with Crippen LogP contribution in [-0.4, -0.2) is 69.8 Å². The van der Waals surface area contributed by atoms with Gasteiger partial charge < -0.3 is 19.7 Å². The number of amides is 2. The highest BCUT2D eigenvalue weighted by Crippen LogP contribution is 2.42. The summed E-state index contributed by atoms with van der Waals surface area (Å²) in [6.45, 7) is 3.83. The number of imidazole rings is 1. The fourth-order valence-corrected chi connectivity index (χ4v) is 6.16. The van der Waals surface area contributed by atoms with Crippen LogP contribution in [0, 0.1) is 5.41 Å². The van der Waals surface area contributed by atoms with Crippen LogP contribution in [0.3, 0.4) is 0 Å². The highest BCUT2D eigenvalue weighted by Gasteiger charge is 2.41. The first-order chi connectivity index (χ1) is 18.9. The summed E-state index contributed by atoms with van der Waals surface area (Å²) in [5, 5.41) is 0.415. The van der Waals surface area contributed by atoms with Crippen molar-refractivity contribution in [3.05, 3.63) is 89.0 Å². The van der Waals surface area contributed by atoms with E-state index in [1.54, 1.807) is 36.2 Å². The van der Waals surface area contributed by atoms with Gasteiger partial charge in [-0.25, -0.2) is 4.98 Å². The number of hydrogen-bond donors (Lipinski definition) is 1. The van der Waals surface area contributed by atoms with E-state index in [4.69, 9.17) is 11.6 Å². The van der Waals surface area contributed by atoms with Crippen LogP contribution in [0.25, 0.3) is 11.0 Å². The Morgan fingerprint density at radius 2 is 1.69 bits per heavy atom. The van der Waals surface area contributed by atoms with Gasteiger partial charge in [0.1, 0.15) is 5.82 Å². The average molecular weight is 543 g/mol. The molecule has 2 saturated heterocycles. The van der Waals surface area contributed by atoms with Crippen molar-refractivity contribution in [1.82, 2.24) is 24.8 Å². The molecule has 8 nitrogen and oxygen atoms in total. The Balaban J connectivity index is 1.13. The molecule has 2 fully saturated rings. The average Bonchev–Trinajstić information content (AvgIpc) is 3.57. The lowest BCUT2D eigenvalue weighted by molar-refractivity contribution is 0.0611. The van der Waals surface area contributed by atoms with Crippen LogP contribution < -0.4 is 4.90 Å². The van der Waals surface area contributed by atoms with Gasteiger partial charge in [-0.3, -0.25) is 14.6 Å². The molecule has 1 N–H and O–H groups in total. The predicted octanol–water partition coefficient (Wildman–Crippen LogP) is 5.02. The molecule has 6 rings (SSSR count). The van der Waals surface area contributed by atoms with Crippen LogP contribution >= 0.6 is 11.6 Å². The molecule has 0 bridgehead atoms. The summed E-state index contributed by atoms with van der Waals surface area (Å²) in [5.41, 5.74) is 3.97. The van der Waals surface area contributed by atoms with E-state index in [2.05, 4.69) is 32.0 Å². The second kappa shape index (κ2) is 10.3. The third-order valence-corrected chi connectivity index (χ3v) is 8.54. The number of nitrogens with one attached hydrogen (secondary N) is 1. The molecule has 2 amide bonds. The van der Waals surface area contributed by atoms with E-state index in [1.807, 2.05) is 35.5 Å². The lowest BCUT2D eigenvalue weighted by Crippen LogP contribution is -2.44. The third kappa shape index (κ3) is 4.96. The molecule has 4 aromatic rings. The number of aromatic amines is 1. The van der Waals surface area contributed by atoms with Crippen LogP contribution in [-0.2, 0) is 6.54 Å². The highest BCUT2D eigenvalue weighted by molar-refractivity contribution is 6.33. The molecule has 39 heavy (non-hydrogen) atoms. The first kappa shape index (κ1) is 25.4. The van der Waals surface area contributed by atoms with Crippen molar-refractivity contribution in [3.63, 3.8) is 0 Å². The van der Waals surface area contributed by atoms with Gasteiger partial charge in [0.2, 0.25) is 0 Å². The monoisotopic (exact) mass is 542 g/mol. The lowest BCUT2D eigenvalue weighted by Gasteiger charge is -2.39. The van der Waals surface area contributed by atoms with Crippen molar-refractivity contribution < 1.29 is 9.59 Å². The number of pyridine rings is 1. The second-order valence-corrected chi connectivity index (χ2v) is 11.1.